The van der Waals surface area contributed by atoms with Crippen LogP contribution >= 0.6 is 0 Å². The Morgan fingerprint density at radius 3 is 2.94 bits per heavy atom. The van der Waals surface area contributed by atoms with Gasteiger partial charge in [0.25, 0.3) is 5.91 Å². The van der Waals surface area contributed by atoms with Crippen molar-refractivity contribution in [3.63, 3.8) is 0 Å². The van der Waals surface area contributed by atoms with Crippen molar-refractivity contribution in [3.8, 4) is 5.75 Å². The molecule has 0 aliphatic heterocycles. The van der Waals surface area contributed by atoms with Crippen LogP contribution in [0.5, 0.6) is 5.75 Å². The summed E-state index contributed by atoms with van der Waals surface area (Å²) in [5, 5.41) is 12.2. The van der Waals surface area contributed by atoms with Crippen LogP contribution < -0.4 is 11.1 Å². The second-order valence-electron chi connectivity index (χ2n) is 3.61. The average molecular weight is 238 g/mol. The predicted octanol–water partition coefficient (Wildman–Crippen LogP) is 0.406. The van der Waals surface area contributed by atoms with Gasteiger partial charge in [-0.25, -0.2) is 0 Å². The second kappa shape index (κ2) is 6.88. The van der Waals surface area contributed by atoms with Crippen LogP contribution in [0.25, 0.3) is 0 Å². The fourth-order valence-electron chi connectivity index (χ4n) is 1.39. The molecule has 0 aliphatic rings. The van der Waals surface area contributed by atoms with Crippen molar-refractivity contribution in [3.05, 3.63) is 29.3 Å². The Kier molecular flexibility index (Phi) is 5.45. The number of nitrogens with two attached hydrogens (primary N) is 1. The van der Waals surface area contributed by atoms with E-state index in [0.29, 0.717) is 37.4 Å². The molecule has 17 heavy (non-hydrogen) atoms. The van der Waals surface area contributed by atoms with Crippen molar-refractivity contribution in [1.82, 2.24) is 5.32 Å². The Morgan fingerprint density at radius 1 is 1.47 bits per heavy atom. The molecule has 1 amide bonds. The number of nitrogens with one attached hydrogen (secondary N) is 1. The molecule has 1 aromatic carbocycles. The van der Waals surface area contributed by atoms with E-state index in [1.165, 1.54) is 0 Å². The minimum atomic E-state index is -0.213. The molecule has 4 N–H and O–H groups in total. The van der Waals surface area contributed by atoms with E-state index in [2.05, 4.69) is 5.32 Å². The van der Waals surface area contributed by atoms with Crippen LogP contribution in [0.4, 0.5) is 0 Å². The van der Waals surface area contributed by atoms with E-state index in [4.69, 9.17) is 10.5 Å². The SMILES string of the molecule is Cc1c(O)cccc1C(=O)NCCOCCN. The summed E-state index contributed by atoms with van der Waals surface area (Å²) in [6.07, 6.45) is 0. The number of aromatic hydroxyl groups is 1. The summed E-state index contributed by atoms with van der Waals surface area (Å²) in [6, 6.07) is 4.86. The summed E-state index contributed by atoms with van der Waals surface area (Å²) >= 11 is 0. The third kappa shape index (κ3) is 4.05. The van der Waals surface area contributed by atoms with Gasteiger partial charge in [-0.05, 0) is 19.1 Å². The number of hydrogen-bond donors (Lipinski definition) is 3. The number of amides is 1. The lowest BCUT2D eigenvalue weighted by atomic mass is 10.1. The quantitative estimate of drug-likeness (QED) is 0.626. The molecule has 0 fully saturated rings. The smallest absolute Gasteiger partial charge is 0.251 e. The van der Waals surface area contributed by atoms with Gasteiger partial charge in [-0.1, -0.05) is 6.07 Å². The lowest BCUT2D eigenvalue weighted by molar-refractivity contribution is 0.0919. The molecule has 0 aliphatic carbocycles. The van der Waals surface area contributed by atoms with E-state index >= 15 is 0 Å². The summed E-state index contributed by atoms with van der Waals surface area (Å²) < 4.78 is 5.13. The molecule has 5 nitrogen and oxygen atoms in total. The van der Waals surface area contributed by atoms with Gasteiger partial charge in [-0.2, -0.15) is 0 Å². The van der Waals surface area contributed by atoms with Crippen molar-refractivity contribution < 1.29 is 14.6 Å². The predicted molar refractivity (Wildman–Crippen MR) is 65.1 cm³/mol. The normalized spacial score (nSPS) is 10.2. The van der Waals surface area contributed by atoms with Gasteiger partial charge >= 0.3 is 0 Å². The highest BCUT2D eigenvalue weighted by Crippen LogP contribution is 2.19. The van der Waals surface area contributed by atoms with E-state index in [1.807, 2.05) is 0 Å². The molecule has 0 saturated heterocycles. The summed E-state index contributed by atoms with van der Waals surface area (Å²) in [7, 11) is 0. The molecule has 0 saturated carbocycles. The van der Waals surface area contributed by atoms with Gasteiger partial charge in [-0.15, -0.1) is 0 Å². The minimum Gasteiger partial charge on any atom is -0.508 e. The van der Waals surface area contributed by atoms with E-state index in [1.54, 1.807) is 25.1 Å². The first kappa shape index (κ1) is 13.5. The topological polar surface area (TPSA) is 84.6 Å². The number of carbonyl (C=O) groups excluding carboxylic acids is 1. The molecule has 0 radical (unpaired) electrons. The van der Waals surface area contributed by atoms with E-state index in [0.717, 1.165) is 0 Å². The van der Waals surface area contributed by atoms with E-state index < -0.39 is 0 Å². The number of carbonyl (C=O) groups is 1. The van der Waals surface area contributed by atoms with Crippen LogP contribution in [0.1, 0.15) is 15.9 Å². The third-order valence-corrected chi connectivity index (χ3v) is 2.34. The molecule has 0 bridgehead atoms. The first-order chi connectivity index (χ1) is 8.16. The molecule has 5 heteroatoms. The van der Waals surface area contributed by atoms with Crippen molar-refractivity contribution in [2.75, 3.05) is 26.3 Å². The summed E-state index contributed by atoms with van der Waals surface area (Å²) in [5.74, 6) is -0.0909. The van der Waals surface area contributed by atoms with Gasteiger partial charge in [0, 0.05) is 24.2 Å². The number of benzene rings is 1. The van der Waals surface area contributed by atoms with E-state index in [9.17, 15) is 9.90 Å². The van der Waals surface area contributed by atoms with Crippen molar-refractivity contribution >= 4 is 5.91 Å². The zero-order valence-corrected chi connectivity index (χ0v) is 9.90. The van der Waals surface area contributed by atoms with Crippen LogP contribution in [-0.2, 0) is 4.74 Å². The van der Waals surface area contributed by atoms with Crippen LogP contribution in [0.3, 0.4) is 0 Å². The van der Waals surface area contributed by atoms with E-state index in [-0.39, 0.29) is 11.7 Å². The summed E-state index contributed by atoms with van der Waals surface area (Å²) in [6.45, 7) is 3.52. The van der Waals surface area contributed by atoms with Crippen molar-refractivity contribution in [2.45, 2.75) is 6.92 Å². The molecule has 0 heterocycles. The maximum atomic E-state index is 11.7. The first-order valence-corrected chi connectivity index (χ1v) is 5.51. The lowest BCUT2D eigenvalue weighted by Crippen LogP contribution is -2.28. The Balaban J connectivity index is 2.44. The second-order valence-corrected chi connectivity index (χ2v) is 3.61. The first-order valence-electron chi connectivity index (χ1n) is 5.51. The van der Waals surface area contributed by atoms with Gasteiger partial charge in [0.05, 0.1) is 13.2 Å². The molecule has 0 spiro atoms. The fourth-order valence-corrected chi connectivity index (χ4v) is 1.39. The maximum Gasteiger partial charge on any atom is 0.251 e. The molecule has 0 aromatic heterocycles. The van der Waals surface area contributed by atoms with Crippen LogP contribution in [0, 0.1) is 6.92 Å². The fraction of sp³-hybridized carbons (Fsp3) is 0.417. The Bertz CT molecular complexity index is 380. The number of phenols is 1. The molecule has 0 unspecified atom stereocenters. The standard InChI is InChI=1S/C12H18N2O3/c1-9-10(3-2-4-11(9)15)12(16)14-6-8-17-7-5-13/h2-4,15H,5-8,13H2,1H3,(H,14,16). The maximum absolute atomic E-state index is 11.7. The third-order valence-electron chi connectivity index (χ3n) is 2.34. The highest BCUT2D eigenvalue weighted by molar-refractivity contribution is 5.96. The van der Waals surface area contributed by atoms with Crippen molar-refractivity contribution in [2.24, 2.45) is 5.73 Å². The molecular weight excluding hydrogens is 220 g/mol. The van der Waals surface area contributed by atoms with Crippen LogP contribution in [0.2, 0.25) is 0 Å². The van der Waals surface area contributed by atoms with Gasteiger partial charge in [0.15, 0.2) is 0 Å². The lowest BCUT2D eigenvalue weighted by Gasteiger charge is -2.08. The number of ether oxygens (including phenoxy) is 1. The van der Waals surface area contributed by atoms with Gasteiger partial charge in [0.2, 0.25) is 0 Å². The average Bonchev–Trinajstić information content (AvgIpc) is 2.32. The Labute approximate surface area is 101 Å². The largest absolute Gasteiger partial charge is 0.508 e. The number of phenolic OH excluding ortho intramolecular Hbond substituents is 1. The Morgan fingerprint density at radius 2 is 2.24 bits per heavy atom. The highest BCUT2D eigenvalue weighted by atomic mass is 16.5. The van der Waals surface area contributed by atoms with Gasteiger partial charge in [0.1, 0.15) is 5.75 Å². The number of hydrogen-bond acceptors (Lipinski definition) is 4. The molecule has 1 rings (SSSR count). The summed E-state index contributed by atoms with van der Waals surface area (Å²) in [4.78, 5) is 11.7. The minimum absolute atomic E-state index is 0.122. The monoisotopic (exact) mass is 238 g/mol. The summed E-state index contributed by atoms with van der Waals surface area (Å²) in [5.41, 5.74) is 6.31. The zero-order valence-electron chi connectivity index (χ0n) is 9.90. The van der Waals surface area contributed by atoms with Crippen LogP contribution in [-0.4, -0.2) is 37.3 Å². The van der Waals surface area contributed by atoms with Crippen LogP contribution in [0.15, 0.2) is 18.2 Å². The Hall–Kier alpha value is -1.59. The van der Waals surface area contributed by atoms with Crippen molar-refractivity contribution in [1.29, 1.82) is 0 Å². The number of rotatable bonds is 6. The molecule has 1 aromatic rings. The highest BCUT2D eigenvalue weighted by Gasteiger charge is 2.10. The molecule has 0 atom stereocenters. The molecule has 94 valence electrons. The van der Waals surface area contributed by atoms with Gasteiger partial charge < -0.3 is 20.9 Å². The zero-order chi connectivity index (χ0) is 12.7. The van der Waals surface area contributed by atoms with Gasteiger partial charge in [-0.3, -0.25) is 4.79 Å². The molecular formula is C12H18N2O3.